The number of hydrogen-bond donors (Lipinski definition) is 1. The third-order valence-electron chi connectivity index (χ3n) is 5.88. The van der Waals surface area contributed by atoms with Gasteiger partial charge in [-0.2, -0.15) is 0 Å². The number of benzene rings is 2. The third-order valence-corrected chi connectivity index (χ3v) is 8.54. The highest BCUT2D eigenvalue weighted by molar-refractivity contribution is 8.14. The van der Waals surface area contributed by atoms with Crippen LogP contribution in [0.15, 0.2) is 41.4 Å². The molecule has 0 bridgehead atoms. The van der Waals surface area contributed by atoms with Crippen molar-refractivity contribution in [2.75, 3.05) is 27.5 Å². The van der Waals surface area contributed by atoms with Crippen LogP contribution in [0.25, 0.3) is 0 Å². The normalized spacial score (nSPS) is 21.7. The largest absolute Gasteiger partial charge is 0.325 e. The summed E-state index contributed by atoms with van der Waals surface area (Å²) in [6.45, 7) is 8.05. The Morgan fingerprint density at radius 1 is 1.06 bits per heavy atom. The van der Waals surface area contributed by atoms with Crippen LogP contribution in [0, 0.1) is 27.7 Å². The van der Waals surface area contributed by atoms with Gasteiger partial charge in [-0.1, -0.05) is 30.0 Å². The van der Waals surface area contributed by atoms with E-state index in [1.54, 1.807) is 0 Å². The number of carbonyl (C=O) groups is 1. The number of anilines is 2. The Labute approximate surface area is 188 Å². The van der Waals surface area contributed by atoms with E-state index in [0.717, 1.165) is 28.1 Å². The van der Waals surface area contributed by atoms with Crippen LogP contribution in [-0.4, -0.2) is 48.8 Å². The van der Waals surface area contributed by atoms with Crippen LogP contribution in [0.4, 0.5) is 11.4 Å². The van der Waals surface area contributed by atoms with Gasteiger partial charge in [0.1, 0.15) is 0 Å². The van der Waals surface area contributed by atoms with E-state index in [1.165, 1.54) is 17.3 Å². The summed E-state index contributed by atoms with van der Waals surface area (Å²) in [5.74, 6) is 0.260. The van der Waals surface area contributed by atoms with E-state index in [0.29, 0.717) is 5.17 Å². The van der Waals surface area contributed by atoms with Crippen molar-refractivity contribution in [3.05, 3.63) is 58.7 Å². The molecule has 2 atom stereocenters. The van der Waals surface area contributed by atoms with Gasteiger partial charge >= 0.3 is 0 Å². The fraction of sp³-hybridized carbons (Fsp3) is 0.391. The van der Waals surface area contributed by atoms with Crippen molar-refractivity contribution < 1.29 is 13.2 Å². The van der Waals surface area contributed by atoms with E-state index in [1.807, 2.05) is 62.9 Å². The molecule has 2 aliphatic heterocycles. The number of aryl methyl sites for hydroxylation is 4. The van der Waals surface area contributed by atoms with Crippen LogP contribution in [0.1, 0.15) is 22.3 Å². The van der Waals surface area contributed by atoms with Crippen molar-refractivity contribution in [3.8, 4) is 0 Å². The number of carbonyl (C=O) groups excluding carboxylic acids is 1. The summed E-state index contributed by atoms with van der Waals surface area (Å²) in [5.41, 5.74) is 6.15. The van der Waals surface area contributed by atoms with Gasteiger partial charge in [0.15, 0.2) is 15.0 Å². The minimum atomic E-state index is -3.11. The predicted molar refractivity (Wildman–Crippen MR) is 129 cm³/mol. The number of aliphatic imine (C=N–C) groups is 1. The molecule has 1 saturated heterocycles. The molecule has 0 unspecified atom stereocenters. The molecular weight excluding hydrogens is 430 g/mol. The van der Waals surface area contributed by atoms with Gasteiger partial charge in [0.2, 0.25) is 5.91 Å². The molecule has 2 aromatic carbocycles. The summed E-state index contributed by atoms with van der Waals surface area (Å²) in [5, 5.41) is 3.69. The smallest absolute Gasteiger partial charge is 0.234 e. The van der Waals surface area contributed by atoms with Crippen molar-refractivity contribution >= 4 is 44.0 Å². The molecule has 4 rings (SSSR count). The number of amides is 1. The molecule has 0 spiro atoms. The average molecular weight is 458 g/mol. The first-order valence-electron chi connectivity index (χ1n) is 10.3. The molecule has 164 valence electrons. The van der Waals surface area contributed by atoms with Crippen molar-refractivity contribution in [1.29, 1.82) is 0 Å². The van der Waals surface area contributed by atoms with Crippen molar-refractivity contribution in [3.63, 3.8) is 0 Å². The molecule has 1 amide bonds. The van der Waals surface area contributed by atoms with Crippen LogP contribution in [0.2, 0.25) is 0 Å². The van der Waals surface area contributed by atoms with Crippen LogP contribution in [0.5, 0.6) is 0 Å². The molecule has 8 heteroatoms. The second kappa shape index (κ2) is 8.31. The number of hydrogen-bond acceptors (Lipinski definition) is 6. The van der Waals surface area contributed by atoms with Gasteiger partial charge in [0.25, 0.3) is 0 Å². The second-order valence-electron chi connectivity index (χ2n) is 8.42. The summed E-state index contributed by atoms with van der Waals surface area (Å²) in [7, 11) is -3.11. The lowest BCUT2D eigenvalue weighted by Gasteiger charge is -2.27. The maximum Gasteiger partial charge on any atom is 0.234 e. The molecule has 0 aliphatic carbocycles. The summed E-state index contributed by atoms with van der Waals surface area (Å²) in [4.78, 5) is 19.3. The average Bonchev–Trinajstić information content (AvgIpc) is 3.16. The van der Waals surface area contributed by atoms with E-state index in [-0.39, 0.29) is 35.2 Å². The molecule has 0 saturated carbocycles. The second-order valence-corrected chi connectivity index (χ2v) is 11.5. The van der Waals surface area contributed by atoms with Gasteiger partial charge in [0, 0.05) is 11.4 Å². The number of rotatable bonds is 4. The molecular formula is C23H27N3O3S2. The quantitative estimate of drug-likeness (QED) is 0.758. The number of thioether (sulfide) groups is 1. The number of amidine groups is 1. The summed E-state index contributed by atoms with van der Waals surface area (Å²) >= 11 is 1.36. The molecule has 2 aliphatic rings. The molecule has 2 heterocycles. The maximum absolute atomic E-state index is 12.6. The highest BCUT2D eigenvalue weighted by Crippen LogP contribution is 2.35. The van der Waals surface area contributed by atoms with Crippen LogP contribution in [-0.2, 0) is 14.6 Å². The topological polar surface area (TPSA) is 78.8 Å². The lowest BCUT2D eigenvalue weighted by Crippen LogP contribution is -2.39. The third kappa shape index (κ3) is 4.65. The lowest BCUT2D eigenvalue weighted by molar-refractivity contribution is -0.113. The number of fused-ring (bicyclic) bond motifs is 1. The Morgan fingerprint density at radius 2 is 1.81 bits per heavy atom. The monoisotopic (exact) mass is 457 g/mol. The van der Waals surface area contributed by atoms with Gasteiger partial charge in [-0.15, -0.1) is 0 Å². The first-order valence-corrected chi connectivity index (χ1v) is 13.1. The first-order chi connectivity index (χ1) is 14.6. The lowest BCUT2D eigenvalue weighted by atomic mass is 10.1. The van der Waals surface area contributed by atoms with E-state index in [2.05, 4.69) is 11.4 Å². The molecule has 0 aromatic heterocycles. The first kappa shape index (κ1) is 21.9. The Hall–Kier alpha value is -2.32. The fourth-order valence-corrected chi connectivity index (χ4v) is 6.76. The zero-order valence-electron chi connectivity index (χ0n) is 18.2. The predicted octanol–water partition coefficient (Wildman–Crippen LogP) is 3.63. The van der Waals surface area contributed by atoms with E-state index in [9.17, 15) is 13.2 Å². The summed E-state index contributed by atoms with van der Waals surface area (Å²) < 4.78 is 24.4. The molecule has 0 radical (unpaired) electrons. The fourth-order valence-electron chi connectivity index (χ4n) is 4.00. The van der Waals surface area contributed by atoms with Gasteiger partial charge in [-0.3, -0.25) is 9.79 Å². The van der Waals surface area contributed by atoms with Gasteiger partial charge in [-0.05, 0) is 68.1 Å². The Kier molecular flexibility index (Phi) is 5.87. The number of nitrogens with zero attached hydrogens (tertiary/aromatic N) is 2. The van der Waals surface area contributed by atoms with Crippen molar-refractivity contribution in [2.24, 2.45) is 4.99 Å². The number of sulfone groups is 1. The molecule has 31 heavy (non-hydrogen) atoms. The molecule has 6 nitrogen and oxygen atoms in total. The minimum Gasteiger partial charge on any atom is -0.325 e. The van der Waals surface area contributed by atoms with Crippen molar-refractivity contribution in [2.45, 2.75) is 39.8 Å². The Bertz CT molecular complexity index is 1170. The minimum absolute atomic E-state index is 0.0672. The SMILES string of the molecule is Cc1ccc(C)c(NC(=O)CSC2=N[C@H]3CS(=O)(=O)C[C@@H]3N2c2ccc(C)c(C)c2)c1. The zero-order valence-corrected chi connectivity index (χ0v) is 19.8. The van der Waals surface area contributed by atoms with Gasteiger partial charge in [0.05, 0.1) is 29.3 Å². The Morgan fingerprint density at radius 3 is 2.55 bits per heavy atom. The van der Waals surface area contributed by atoms with Gasteiger partial charge < -0.3 is 10.2 Å². The van der Waals surface area contributed by atoms with E-state index >= 15 is 0 Å². The van der Waals surface area contributed by atoms with Crippen LogP contribution in [0.3, 0.4) is 0 Å². The summed E-state index contributed by atoms with van der Waals surface area (Å²) in [6.07, 6.45) is 0. The zero-order chi connectivity index (χ0) is 22.3. The highest BCUT2D eigenvalue weighted by atomic mass is 32.2. The van der Waals surface area contributed by atoms with Gasteiger partial charge in [-0.25, -0.2) is 8.42 Å². The number of nitrogens with one attached hydrogen (secondary N) is 1. The molecule has 1 fully saturated rings. The molecule has 2 aromatic rings. The van der Waals surface area contributed by atoms with Crippen LogP contribution < -0.4 is 10.2 Å². The maximum atomic E-state index is 12.6. The van der Waals surface area contributed by atoms with Crippen molar-refractivity contribution in [1.82, 2.24) is 0 Å². The van der Waals surface area contributed by atoms with Crippen LogP contribution >= 0.6 is 11.8 Å². The summed E-state index contributed by atoms with van der Waals surface area (Å²) in [6, 6.07) is 11.6. The Balaban J connectivity index is 1.53. The molecule has 1 N–H and O–H groups in total. The van der Waals surface area contributed by atoms with E-state index in [4.69, 9.17) is 4.99 Å². The standard InChI is InChI=1S/C23H27N3O3S2/c1-14-5-6-16(3)19(9-14)24-22(27)11-30-23-25-20-12-31(28,29)13-21(20)26(23)18-8-7-15(2)17(4)10-18/h5-10,20-21H,11-13H2,1-4H3,(H,24,27)/t20-,21-/m0/s1. The highest BCUT2D eigenvalue weighted by Gasteiger charge is 2.47. The van der Waals surface area contributed by atoms with E-state index < -0.39 is 9.84 Å².